The van der Waals surface area contributed by atoms with E-state index in [-0.39, 0.29) is 23.1 Å². The predicted octanol–water partition coefficient (Wildman–Crippen LogP) is 2.38. The van der Waals surface area contributed by atoms with Crippen LogP contribution in [0.2, 0.25) is 0 Å². The Morgan fingerprint density at radius 3 is 2.60 bits per heavy atom. The number of carbonyl (C=O) groups excluding carboxylic acids is 1. The van der Waals surface area contributed by atoms with Crippen LogP contribution in [0.25, 0.3) is 10.8 Å². The zero-order valence-corrected chi connectivity index (χ0v) is 14.3. The molecule has 25 heavy (non-hydrogen) atoms. The molecule has 0 spiro atoms. The normalized spacial score (nSPS) is 11.0. The van der Waals surface area contributed by atoms with Crippen molar-refractivity contribution in [3.63, 3.8) is 0 Å². The first-order valence-corrected chi connectivity index (χ1v) is 8.23. The van der Waals surface area contributed by atoms with E-state index in [0.29, 0.717) is 23.9 Å². The van der Waals surface area contributed by atoms with Crippen LogP contribution in [0.5, 0.6) is 0 Å². The van der Waals surface area contributed by atoms with E-state index in [4.69, 9.17) is 0 Å². The Hall–Kier alpha value is -3.02. The first-order valence-electron chi connectivity index (χ1n) is 8.23. The molecule has 2 aromatic heterocycles. The number of nitrogens with one attached hydrogen (secondary N) is 1. The second-order valence-electron chi connectivity index (χ2n) is 6.32. The molecule has 128 valence electrons. The maximum absolute atomic E-state index is 12.7. The van der Waals surface area contributed by atoms with Gasteiger partial charge in [0.25, 0.3) is 11.5 Å². The molecule has 2 heterocycles. The average molecular weight is 336 g/mol. The number of aromatic nitrogens is 3. The van der Waals surface area contributed by atoms with Gasteiger partial charge in [0, 0.05) is 30.9 Å². The third kappa shape index (κ3) is 3.74. The first kappa shape index (κ1) is 16.8. The molecule has 0 aliphatic rings. The molecule has 0 unspecified atom stereocenters. The van der Waals surface area contributed by atoms with Crippen LogP contribution in [-0.2, 0) is 13.1 Å². The van der Waals surface area contributed by atoms with E-state index >= 15 is 0 Å². The molecule has 0 saturated heterocycles. The second-order valence-corrected chi connectivity index (χ2v) is 6.32. The van der Waals surface area contributed by atoms with Gasteiger partial charge in [-0.15, -0.1) is 0 Å². The van der Waals surface area contributed by atoms with Crippen LogP contribution >= 0.6 is 0 Å². The van der Waals surface area contributed by atoms with Crippen molar-refractivity contribution in [3.05, 3.63) is 70.4 Å². The van der Waals surface area contributed by atoms with Crippen molar-refractivity contribution >= 4 is 16.7 Å². The highest BCUT2D eigenvalue weighted by Gasteiger charge is 2.16. The molecule has 0 aliphatic heterocycles. The summed E-state index contributed by atoms with van der Waals surface area (Å²) < 4.78 is 1.38. The molecule has 3 rings (SSSR count). The third-order valence-electron chi connectivity index (χ3n) is 3.80. The number of carbonyl (C=O) groups is 1. The molecule has 0 atom stereocenters. The van der Waals surface area contributed by atoms with Gasteiger partial charge in [-0.25, -0.2) is 4.68 Å². The highest BCUT2D eigenvalue weighted by Crippen LogP contribution is 2.14. The van der Waals surface area contributed by atoms with Gasteiger partial charge in [0.2, 0.25) is 0 Å². The van der Waals surface area contributed by atoms with E-state index in [1.54, 1.807) is 36.7 Å². The number of pyridine rings is 1. The first-order chi connectivity index (χ1) is 12.1. The summed E-state index contributed by atoms with van der Waals surface area (Å²) in [5, 5.41) is 8.25. The molecule has 1 amide bonds. The van der Waals surface area contributed by atoms with E-state index in [0.717, 1.165) is 5.56 Å². The number of benzene rings is 1. The molecule has 1 N–H and O–H groups in total. The topological polar surface area (TPSA) is 76.9 Å². The van der Waals surface area contributed by atoms with Crippen LogP contribution in [0.15, 0.2) is 53.6 Å². The minimum absolute atomic E-state index is 0.173. The van der Waals surface area contributed by atoms with Crippen molar-refractivity contribution in [2.45, 2.75) is 26.9 Å². The Labute approximate surface area is 145 Å². The molecule has 0 aliphatic carbocycles. The third-order valence-corrected chi connectivity index (χ3v) is 3.80. The average Bonchev–Trinajstić information content (AvgIpc) is 2.62. The van der Waals surface area contributed by atoms with E-state index in [1.807, 2.05) is 26.0 Å². The summed E-state index contributed by atoms with van der Waals surface area (Å²) in [6.07, 6.45) is 3.38. The number of hydrogen-bond acceptors (Lipinski definition) is 4. The lowest BCUT2D eigenvalue weighted by molar-refractivity contribution is 0.0945. The van der Waals surface area contributed by atoms with Gasteiger partial charge in [-0.3, -0.25) is 14.6 Å². The Balaban J connectivity index is 1.97. The van der Waals surface area contributed by atoms with Crippen molar-refractivity contribution in [2.24, 2.45) is 5.92 Å². The summed E-state index contributed by atoms with van der Waals surface area (Å²) in [7, 11) is 0. The van der Waals surface area contributed by atoms with Gasteiger partial charge in [0.15, 0.2) is 5.69 Å². The van der Waals surface area contributed by atoms with Crippen LogP contribution < -0.4 is 10.9 Å². The number of nitrogens with zero attached hydrogens (tertiary/aromatic N) is 3. The van der Waals surface area contributed by atoms with Crippen molar-refractivity contribution in [1.82, 2.24) is 20.1 Å². The molecule has 6 nitrogen and oxygen atoms in total. The largest absolute Gasteiger partial charge is 0.346 e. The van der Waals surface area contributed by atoms with Crippen LogP contribution in [0.4, 0.5) is 0 Å². The molecule has 0 bridgehead atoms. The quantitative estimate of drug-likeness (QED) is 0.776. The molecule has 1 aromatic carbocycles. The number of rotatable bonds is 5. The Morgan fingerprint density at radius 1 is 1.16 bits per heavy atom. The number of amides is 1. The van der Waals surface area contributed by atoms with E-state index in [1.165, 1.54) is 4.68 Å². The molecule has 3 aromatic rings. The predicted molar refractivity (Wildman–Crippen MR) is 96.2 cm³/mol. The molecular weight excluding hydrogens is 316 g/mol. The summed E-state index contributed by atoms with van der Waals surface area (Å²) in [5.74, 6) is -0.0600. The van der Waals surface area contributed by atoms with Gasteiger partial charge in [-0.2, -0.15) is 5.10 Å². The Bertz CT molecular complexity index is 949. The molecule has 0 fully saturated rings. The fourth-order valence-electron chi connectivity index (χ4n) is 2.64. The van der Waals surface area contributed by atoms with E-state index < -0.39 is 0 Å². The van der Waals surface area contributed by atoms with Crippen molar-refractivity contribution < 1.29 is 4.79 Å². The zero-order chi connectivity index (χ0) is 17.8. The maximum atomic E-state index is 12.7. The maximum Gasteiger partial charge on any atom is 0.274 e. The highest BCUT2D eigenvalue weighted by molar-refractivity contribution is 6.04. The fraction of sp³-hybridized carbons (Fsp3) is 0.263. The monoisotopic (exact) mass is 336 g/mol. The highest BCUT2D eigenvalue weighted by atomic mass is 16.2. The Morgan fingerprint density at radius 2 is 1.92 bits per heavy atom. The SMILES string of the molecule is CC(C)Cn1nc(C(=O)NCc2cccnc2)c2ccccc2c1=O. The standard InChI is InChI=1S/C19H20N4O2/c1-13(2)12-23-19(25)16-8-4-3-7-15(16)17(22-23)18(24)21-11-14-6-5-9-20-10-14/h3-10,13H,11-12H2,1-2H3,(H,21,24). The zero-order valence-electron chi connectivity index (χ0n) is 14.3. The number of hydrogen-bond donors (Lipinski definition) is 1. The molecule has 0 saturated carbocycles. The lowest BCUT2D eigenvalue weighted by Gasteiger charge is -2.12. The van der Waals surface area contributed by atoms with Crippen molar-refractivity contribution in [2.75, 3.05) is 0 Å². The number of fused-ring (bicyclic) bond motifs is 1. The van der Waals surface area contributed by atoms with Crippen LogP contribution in [0.3, 0.4) is 0 Å². The minimum atomic E-state index is -0.308. The van der Waals surface area contributed by atoms with Gasteiger partial charge >= 0.3 is 0 Å². The van der Waals surface area contributed by atoms with Gasteiger partial charge in [0.1, 0.15) is 0 Å². The van der Waals surface area contributed by atoms with Gasteiger partial charge < -0.3 is 5.32 Å². The molecular formula is C19H20N4O2. The minimum Gasteiger partial charge on any atom is -0.346 e. The van der Waals surface area contributed by atoms with Crippen LogP contribution in [0, 0.1) is 5.92 Å². The van der Waals surface area contributed by atoms with Gasteiger partial charge in [-0.05, 0) is 23.6 Å². The summed E-state index contributed by atoms with van der Waals surface area (Å²) in [4.78, 5) is 29.3. The lowest BCUT2D eigenvalue weighted by Crippen LogP contribution is -2.31. The summed E-state index contributed by atoms with van der Waals surface area (Å²) in [5.41, 5.74) is 0.989. The van der Waals surface area contributed by atoms with Crippen molar-refractivity contribution in [3.8, 4) is 0 Å². The Kier molecular flexibility index (Phi) is 4.88. The van der Waals surface area contributed by atoms with Gasteiger partial charge in [0.05, 0.1) is 5.39 Å². The smallest absolute Gasteiger partial charge is 0.274 e. The molecule has 0 radical (unpaired) electrons. The van der Waals surface area contributed by atoms with Crippen LogP contribution in [0.1, 0.15) is 29.9 Å². The van der Waals surface area contributed by atoms with Crippen LogP contribution in [-0.4, -0.2) is 20.7 Å². The summed E-state index contributed by atoms with van der Waals surface area (Å²) in [6, 6.07) is 10.8. The van der Waals surface area contributed by atoms with Gasteiger partial charge in [-0.1, -0.05) is 38.1 Å². The van der Waals surface area contributed by atoms with Crippen molar-refractivity contribution in [1.29, 1.82) is 0 Å². The van der Waals surface area contributed by atoms with E-state index in [2.05, 4.69) is 15.4 Å². The summed E-state index contributed by atoms with van der Waals surface area (Å²) in [6.45, 7) is 4.83. The van der Waals surface area contributed by atoms with E-state index in [9.17, 15) is 9.59 Å². The second kappa shape index (κ2) is 7.25. The summed E-state index contributed by atoms with van der Waals surface area (Å²) >= 11 is 0. The molecule has 6 heteroatoms. The fourth-order valence-corrected chi connectivity index (χ4v) is 2.64. The lowest BCUT2D eigenvalue weighted by atomic mass is 10.1.